The maximum absolute atomic E-state index is 9.94. The van der Waals surface area contributed by atoms with Crippen LogP contribution in [0.2, 0.25) is 0 Å². The van der Waals surface area contributed by atoms with Crippen molar-refractivity contribution in [1.29, 1.82) is 0 Å². The van der Waals surface area contributed by atoms with E-state index >= 15 is 0 Å². The van der Waals surface area contributed by atoms with Crippen molar-refractivity contribution in [2.24, 2.45) is 0 Å². The Morgan fingerprint density at radius 1 is 0.818 bits per heavy atom. The van der Waals surface area contributed by atoms with Crippen LogP contribution in [0.1, 0.15) is 6.42 Å². The summed E-state index contributed by atoms with van der Waals surface area (Å²) in [5.74, 6) is 0. The van der Waals surface area contributed by atoms with Crippen LogP contribution in [-0.4, -0.2) is 104 Å². The first-order valence-corrected chi connectivity index (χ1v) is 6.97. The van der Waals surface area contributed by atoms with Crippen molar-refractivity contribution < 1.29 is 50.0 Å². The third kappa shape index (κ3) is 3.57. The lowest BCUT2D eigenvalue weighted by Crippen LogP contribution is -2.61. The van der Waals surface area contributed by atoms with E-state index in [1.54, 1.807) is 0 Å². The number of hydrogen-bond donors (Lipinski definition) is 7. The Morgan fingerprint density at radius 2 is 1.45 bits per heavy atom. The summed E-state index contributed by atoms with van der Waals surface area (Å²) >= 11 is 0. The molecule has 0 aromatic heterocycles. The molecule has 0 bridgehead atoms. The summed E-state index contributed by atoms with van der Waals surface area (Å²) < 4.78 is 15.6. The molecule has 7 N–H and O–H groups in total. The van der Waals surface area contributed by atoms with Gasteiger partial charge in [0.1, 0.15) is 36.6 Å². The van der Waals surface area contributed by atoms with Crippen molar-refractivity contribution in [2.75, 3.05) is 13.2 Å². The van der Waals surface area contributed by atoms with Gasteiger partial charge in [-0.05, 0) is 0 Å². The van der Waals surface area contributed by atoms with Crippen molar-refractivity contribution in [3.63, 3.8) is 0 Å². The molecule has 0 aliphatic carbocycles. The summed E-state index contributed by atoms with van der Waals surface area (Å²) in [5, 5.41) is 66.6. The van der Waals surface area contributed by atoms with E-state index in [2.05, 4.69) is 0 Å². The van der Waals surface area contributed by atoms with E-state index in [9.17, 15) is 30.6 Å². The quantitative estimate of drug-likeness (QED) is 0.268. The maximum atomic E-state index is 9.94. The highest BCUT2D eigenvalue weighted by molar-refractivity contribution is 4.91. The Hall–Kier alpha value is -0.400. The average molecular weight is 326 g/mol. The zero-order valence-electron chi connectivity index (χ0n) is 11.7. The summed E-state index contributed by atoms with van der Waals surface area (Å²) in [7, 11) is 0. The van der Waals surface area contributed by atoms with Crippen molar-refractivity contribution in [3.05, 3.63) is 0 Å². The van der Waals surface area contributed by atoms with Crippen LogP contribution in [0.3, 0.4) is 0 Å². The first kappa shape index (κ1) is 17.9. The predicted octanol–water partition coefficient (Wildman–Crippen LogP) is -4.37. The third-order valence-electron chi connectivity index (χ3n) is 3.86. The van der Waals surface area contributed by atoms with E-state index < -0.39 is 68.5 Å². The minimum absolute atomic E-state index is 0.141. The minimum atomic E-state index is -1.67. The molecule has 0 aromatic carbocycles. The van der Waals surface area contributed by atoms with Gasteiger partial charge in [-0.1, -0.05) is 0 Å². The molecular weight excluding hydrogens is 304 g/mol. The van der Waals surface area contributed by atoms with Gasteiger partial charge in [0.2, 0.25) is 0 Å². The van der Waals surface area contributed by atoms with Gasteiger partial charge in [-0.25, -0.2) is 0 Å². The summed E-state index contributed by atoms with van der Waals surface area (Å²) in [6.07, 6.45) is -12.0. The zero-order valence-corrected chi connectivity index (χ0v) is 11.7. The van der Waals surface area contributed by atoms with Crippen molar-refractivity contribution in [3.8, 4) is 0 Å². The normalized spacial score (nSPS) is 50.0. The molecule has 0 saturated carbocycles. The first-order valence-electron chi connectivity index (χ1n) is 6.97. The summed E-state index contributed by atoms with van der Waals surface area (Å²) in [5.41, 5.74) is 0. The van der Waals surface area contributed by atoms with Crippen molar-refractivity contribution >= 4 is 0 Å². The van der Waals surface area contributed by atoms with E-state index in [0.29, 0.717) is 0 Å². The molecule has 2 aliphatic heterocycles. The molecule has 0 amide bonds. The number of ether oxygens (including phenoxy) is 3. The van der Waals surface area contributed by atoms with E-state index in [-0.39, 0.29) is 6.42 Å². The Bertz CT molecular complexity index is 353. The van der Waals surface area contributed by atoms with Gasteiger partial charge >= 0.3 is 0 Å². The molecule has 10 nitrogen and oxygen atoms in total. The predicted molar refractivity (Wildman–Crippen MR) is 67.2 cm³/mol. The van der Waals surface area contributed by atoms with Crippen molar-refractivity contribution in [2.45, 2.75) is 61.7 Å². The Morgan fingerprint density at radius 3 is 2.05 bits per heavy atom. The molecule has 9 atom stereocenters. The van der Waals surface area contributed by atoms with Crippen LogP contribution in [0.15, 0.2) is 0 Å². The molecule has 2 fully saturated rings. The third-order valence-corrected chi connectivity index (χ3v) is 3.86. The number of aliphatic hydroxyl groups excluding tert-OH is 7. The van der Waals surface area contributed by atoms with Gasteiger partial charge in [-0.2, -0.15) is 0 Å². The van der Waals surface area contributed by atoms with E-state index in [1.165, 1.54) is 0 Å². The Balaban J connectivity index is 2.04. The molecule has 0 spiro atoms. The van der Waals surface area contributed by atoms with Crippen molar-refractivity contribution in [1.82, 2.24) is 0 Å². The lowest BCUT2D eigenvalue weighted by molar-refractivity contribution is -0.336. The van der Waals surface area contributed by atoms with Gasteiger partial charge in [-0.15, -0.1) is 0 Å². The number of rotatable bonds is 4. The number of hydrogen-bond acceptors (Lipinski definition) is 10. The maximum Gasteiger partial charge on any atom is 0.184 e. The molecule has 10 heteroatoms. The van der Waals surface area contributed by atoms with Crippen LogP contribution in [0.4, 0.5) is 0 Å². The van der Waals surface area contributed by atoms with E-state index in [4.69, 9.17) is 19.3 Å². The highest BCUT2D eigenvalue weighted by Gasteiger charge is 2.47. The van der Waals surface area contributed by atoms with Gasteiger partial charge in [0.15, 0.2) is 12.6 Å². The average Bonchev–Trinajstić information content (AvgIpc) is 2.50. The molecule has 2 aliphatic rings. The molecule has 0 radical (unpaired) electrons. The summed E-state index contributed by atoms with van der Waals surface area (Å²) in [4.78, 5) is 0. The Kier molecular flexibility index (Phi) is 6.07. The lowest BCUT2D eigenvalue weighted by Gasteiger charge is -2.43. The van der Waals surface area contributed by atoms with Crippen LogP contribution < -0.4 is 0 Å². The standard InChI is InChI=1S/C12H22O10/c13-2-5-8(16)4(15)1-7(20-5)22-11-6(3-14)21-12(19)10(18)9(11)17/h4-19H,1-3H2/t4-,5-,6-,7-,8-,9-,10-,11-,12?/m1/s1. The van der Waals surface area contributed by atoms with Gasteiger partial charge in [0.05, 0.1) is 19.3 Å². The fourth-order valence-corrected chi connectivity index (χ4v) is 2.56. The smallest absolute Gasteiger partial charge is 0.184 e. The van der Waals surface area contributed by atoms with E-state index in [0.717, 1.165) is 0 Å². The summed E-state index contributed by atoms with van der Waals surface area (Å²) in [6.45, 7) is -1.14. The molecule has 0 aromatic rings. The topological polar surface area (TPSA) is 169 Å². The monoisotopic (exact) mass is 326 g/mol. The fraction of sp³-hybridized carbons (Fsp3) is 1.00. The van der Waals surface area contributed by atoms with Gasteiger partial charge in [0.25, 0.3) is 0 Å². The van der Waals surface area contributed by atoms with Gasteiger partial charge in [0, 0.05) is 6.42 Å². The zero-order chi connectivity index (χ0) is 16.4. The second-order valence-electron chi connectivity index (χ2n) is 5.41. The largest absolute Gasteiger partial charge is 0.394 e. The molecule has 2 saturated heterocycles. The highest BCUT2D eigenvalue weighted by Crippen LogP contribution is 2.28. The first-order chi connectivity index (χ1) is 10.4. The van der Waals surface area contributed by atoms with Crippen LogP contribution in [0.25, 0.3) is 0 Å². The lowest BCUT2D eigenvalue weighted by atomic mass is 9.98. The molecular formula is C12H22O10. The molecule has 22 heavy (non-hydrogen) atoms. The van der Waals surface area contributed by atoms with Crippen LogP contribution in [-0.2, 0) is 14.2 Å². The van der Waals surface area contributed by atoms with Gasteiger partial charge < -0.3 is 50.0 Å². The van der Waals surface area contributed by atoms with Crippen LogP contribution in [0, 0.1) is 0 Å². The van der Waals surface area contributed by atoms with Crippen LogP contribution >= 0.6 is 0 Å². The SMILES string of the molecule is OC[C@H]1O[C@H](O[C@H]2[C@H](O)[C@@H](O)C(O)O[C@@H]2CO)C[C@@H](O)[C@H]1O. The summed E-state index contributed by atoms with van der Waals surface area (Å²) in [6, 6.07) is 0. The van der Waals surface area contributed by atoms with Gasteiger partial charge in [-0.3, -0.25) is 0 Å². The number of aliphatic hydroxyl groups is 7. The van der Waals surface area contributed by atoms with Crippen LogP contribution in [0.5, 0.6) is 0 Å². The second-order valence-corrected chi connectivity index (χ2v) is 5.41. The molecule has 130 valence electrons. The minimum Gasteiger partial charge on any atom is -0.394 e. The fourth-order valence-electron chi connectivity index (χ4n) is 2.56. The second kappa shape index (κ2) is 7.45. The highest BCUT2D eigenvalue weighted by atomic mass is 16.7. The molecule has 1 unspecified atom stereocenters. The molecule has 2 heterocycles. The van der Waals surface area contributed by atoms with E-state index in [1.807, 2.05) is 0 Å². The molecule has 2 rings (SSSR count). The Labute approximate surface area is 126 Å².